The van der Waals surface area contributed by atoms with Crippen molar-refractivity contribution in [2.45, 2.75) is 48.7 Å². The van der Waals surface area contributed by atoms with Gasteiger partial charge in [-0.1, -0.05) is 6.07 Å². The summed E-state index contributed by atoms with van der Waals surface area (Å²) in [5.41, 5.74) is 4.06. The van der Waals surface area contributed by atoms with E-state index in [0.29, 0.717) is 31.2 Å². The van der Waals surface area contributed by atoms with E-state index in [-0.39, 0.29) is 29.3 Å². The molecule has 14 heteroatoms. The van der Waals surface area contributed by atoms with E-state index in [1.54, 1.807) is 0 Å². The first-order valence-corrected chi connectivity index (χ1v) is 10.1. The van der Waals surface area contributed by atoms with Crippen molar-refractivity contribution in [1.82, 2.24) is 25.9 Å². The molecular formula is C15H19F3N8O2S. The summed E-state index contributed by atoms with van der Waals surface area (Å²) in [6, 6.07) is 1.94. The Morgan fingerprint density at radius 1 is 1.24 bits per heavy atom. The molecular weight excluding hydrogens is 413 g/mol. The lowest BCUT2D eigenvalue weighted by atomic mass is 9.79. The predicted octanol–water partition coefficient (Wildman–Crippen LogP) is 1.04. The predicted molar refractivity (Wildman–Crippen MR) is 96.0 cm³/mol. The average molecular weight is 432 g/mol. The highest BCUT2D eigenvalue weighted by Gasteiger charge is 2.40. The van der Waals surface area contributed by atoms with E-state index in [1.807, 2.05) is 0 Å². The molecule has 0 unspecified atom stereocenters. The third kappa shape index (κ3) is 4.48. The van der Waals surface area contributed by atoms with Gasteiger partial charge in [-0.05, 0) is 53.7 Å². The summed E-state index contributed by atoms with van der Waals surface area (Å²) >= 11 is 0. The van der Waals surface area contributed by atoms with Crippen molar-refractivity contribution in [2.75, 3.05) is 0 Å². The number of aromatic amines is 1. The standard InChI is InChI=1S/C15H19F3N8O2S/c16-15(17,18)10-6-5-9(7-1-3-8(4-2-7)22-14(19)20)11(12(10)29(21,27)28)13-23-25-26-24-13/h5-8H,1-4H2,(H4,19,20,22)(H2,21,27,28)(H,23,24,25,26). The minimum atomic E-state index is -4.94. The zero-order valence-corrected chi connectivity index (χ0v) is 15.8. The number of nitrogens with one attached hydrogen (secondary N) is 3. The van der Waals surface area contributed by atoms with E-state index in [1.165, 1.54) is 6.07 Å². The highest BCUT2D eigenvalue weighted by atomic mass is 32.2. The van der Waals surface area contributed by atoms with E-state index in [4.69, 9.17) is 16.3 Å². The summed E-state index contributed by atoms with van der Waals surface area (Å²) in [7, 11) is -4.75. The highest BCUT2D eigenvalue weighted by molar-refractivity contribution is 7.89. The number of H-pyrrole nitrogens is 1. The number of hydrogen-bond acceptors (Lipinski definition) is 6. The fourth-order valence-corrected chi connectivity index (χ4v) is 4.72. The molecule has 0 atom stereocenters. The van der Waals surface area contributed by atoms with Crippen LogP contribution in [0.2, 0.25) is 0 Å². The molecule has 1 saturated carbocycles. The van der Waals surface area contributed by atoms with E-state index in [2.05, 4.69) is 25.9 Å². The number of hydrogen-bond donors (Lipinski definition) is 5. The molecule has 2 aromatic rings. The van der Waals surface area contributed by atoms with Crippen molar-refractivity contribution in [3.8, 4) is 11.4 Å². The number of primary sulfonamides is 1. The van der Waals surface area contributed by atoms with Crippen LogP contribution < -0.4 is 16.2 Å². The third-order valence-electron chi connectivity index (χ3n) is 4.89. The summed E-state index contributed by atoms with van der Waals surface area (Å²) in [5.74, 6) is -0.616. The Morgan fingerprint density at radius 2 is 1.90 bits per heavy atom. The van der Waals surface area contributed by atoms with Gasteiger partial charge in [-0.2, -0.15) is 13.2 Å². The quantitative estimate of drug-likeness (QED) is 0.354. The molecule has 29 heavy (non-hydrogen) atoms. The zero-order chi connectivity index (χ0) is 21.4. The van der Waals surface area contributed by atoms with Crippen LogP contribution in [0.3, 0.4) is 0 Å². The monoisotopic (exact) mass is 432 g/mol. The topological polar surface area (TPSA) is 177 Å². The smallest absolute Gasteiger partial charge is 0.370 e. The molecule has 10 nitrogen and oxygen atoms in total. The minimum Gasteiger partial charge on any atom is -0.370 e. The Kier molecular flexibility index (Phi) is 5.49. The maximum absolute atomic E-state index is 13.5. The van der Waals surface area contributed by atoms with Crippen LogP contribution >= 0.6 is 0 Å². The number of nitrogens with zero attached hydrogens (tertiary/aromatic N) is 3. The fraction of sp³-hybridized carbons (Fsp3) is 0.467. The number of alkyl halides is 3. The summed E-state index contributed by atoms with van der Waals surface area (Å²) in [5, 5.41) is 28.0. The zero-order valence-electron chi connectivity index (χ0n) is 15.0. The molecule has 0 radical (unpaired) electrons. The van der Waals surface area contributed by atoms with Crippen LogP contribution in [0.4, 0.5) is 13.2 Å². The van der Waals surface area contributed by atoms with Gasteiger partial charge in [0.25, 0.3) is 0 Å². The summed E-state index contributed by atoms with van der Waals surface area (Å²) in [6.07, 6.45) is -2.66. The van der Waals surface area contributed by atoms with Crippen molar-refractivity contribution >= 4 is 16.0 Å². The maximum Gasteiger partial charge on any atom is 0.417 e. The Hall–Kier alpha value is -2.74. The van der Waals surface area contributed by atoms with Gasteiger partial charge in [0.15, 0.2) is 11.8 Å². The van der Waals surface area contributed by atoms with Crippen LogP contribution in [0.15, 0.2) is 17.0 Å². The molecule has 0 saturated heterocycles. The number of halogens is 3. The first-order valence-electron chi connectivity index (χ1n) is 8.60. The summed E-state index contributed by atoms with van der Waals surface area (Å²) < 4.78 is 64.9. The van der Waals surface area contributed by atoms with Crippen molar-refractivity contribution in [3.63, 3.8) is 0 Å². The number of tetrazole rings is 1. The molecule has 1 fully saturated rings. The normalized spacial score (nSPS) is 20.4. The lowest BCUT2D eigenvalue weighted by Crippen LogP contribution is -2.41. The number of benzene rings is 1. The number of nitrogens with two attached hydrogens (primary N) is 2. The number of guanidine groups is 1. The Balaban J connectivity index is 2.13. The molecule has 1 aliphatic rings. The van der Waals surface area contributed by atoms with Crippen molar-refractivity contribution in [3.05, 3.63) is 23.3 Å². The van der Waals surface area contributed by atoms with Crippen molar-refractivity contribution in [1.29, 1.82) is 5.41 Å². The maximum atomic E-state index is 13.5. The number of aromatic nitrogens is 4. The summed E-state index contributed by atoms with van der Waals surface area (Å²) in [6.45, 7) is 0. The SMILES string of the molecule is N=C(N)NC1CCC(c2ccc(C(F)(F)F)c(S(N)(=O)=O)c2-c2nnn[nH]2)CC1. The largest absolute Gasteiger partial charge is 0.417 e. The molecule has 0 amide bonds. The van der Waals surface area contributed by atoms with Gasteiger partial charge < -0.3 is 11.1 Å². The Labute approximate surface area is 163 Å². The van der Waals surface area contributed by atoms with Gasteiger partial charge in [-0.25, -0.2) is 18.7 Å². The molecule has 7 N–H and O–H groups in total. The molecule has 0 bridgehead atoms. The lowest BCUT2D eigenvalue weighted by molar-refractivity contribution is -0.139. The Bertz CT molecular complexity index is 999. The second-order valence-corrected chi connectivity index (χ2v) is 8.30. The lowest BCUT2D eigenvalue weighted by Gasteiger charge is -2.31. The highest BCUT2D eigenvalue weighted by Crippen LogP contribution is 2.44. The number of rotatable bonds is 4. The van der Waals surface area contributed by atoms with Gasteiger partial charge in [0, 0.05) is 11.6 Å². The second-order valence-electron chi connectivity index (χ2n) is 6.81. The minimum absolute atomic E-state index is 0.0358. The molecule has 158 valence electrons. The van der Waals surface area contributed by atoms with Crippen LogP contribution in [-0.2, 0) is 16.2 Å². The second kappa shape index (κ2) is 7.59. The molecule has 3 rings (SSSR count). The summed E-state index contributed by atoms with van der Waals surface area (Å²) in [4.78, 5) is -1.05. The van der Waals surface area contributed by atoms with E-state index in [0.717, 1.165) is 6.07 Å². The fourth-order valence-electron chi connectivity index (χ4n) is 3.73. The van der Waals surface area contributed by atoms with Crippen molar-refractivity contribution in [2.24, 2.45) is 10.9 Å². The van der Waals surface area contributed by atoms with Crippen LogP contribution in [0.1, 0.15) is 42.7 Å². The van der Waals surface area contributed by atoms with Gasteiger partial charge in [-0.15, -0.1) is 5.10 Å². The molecule has 1 aromatic heterocycles. The van der Waals surface area contributed by atoms with Crippen LogP contribution in [0, 0.1) is 5.41 Å². The van der Waals surface area contributed by atoms with Gasteiger partial charge in [-0.3, -0.25) is 5.41 Å². The van der Waals surface area contributed by atoms with E-state index >= 15 is 0 Å². The molecule has 1 aliphatic carbocycles. The molecule has 1 heterocycles. The van der Waals surface area contributed by atoms with Crippen LogP contribution in [0.5, 0.6) is 0 Å². The van der Waals surface area contributed by atoms with Gasteiger partial charge in [0.1, 0.15) is 4.90 Å². The number of sulfonamides is 1. The van der Waals surface area contributed by atoms with Crippen LogP contribution in [0.25, 0.3) is 11.4 Å². The van der Waals surface area contributed by atoms with Gasteiger partial charge in [0.2, 0.25) is 10.0 Å². The van der Waals surface area contributed by atoms with Gasteiger partial charge in [0.05, 0.1) is 5.56 Å². The van der Waals surface area contributed by atoms with Crippen LogP contribution in [-0.4, -0.2) is 41.0 Å². The Morgan fingerprint density at radius 3 is 2.38 bits per heavy atom. The molecule has 1 aromatic carbocycles. The van der Waals surface area contributed by atoms with Gasteiger partial charge >= 0.3 is 6.18 Å². The van der Waals surface area contributed by atoms with Crippen molar-refractivity contribution < 1.29 is 21.6 Å². The third-order valence-corrected chi connectivity index (χ3v) is 5.88. The average Bonchev–Trinajstić information content (AvgIpc) is 3.13. The molecule has 0 spiro atoms. The van der Waals surface area contributed by atoms with E-state index in [9.17, 15) is 21.6 Å². The first kappa shape index (κ1) is 21.0. The van der Waals surface area contributed by atoms with E-state index < -0.39 is 26.7 Å². The first-order chi connectivity index (χ1) is 13.5. The molecule has 0 aliphatic heterocycles.